The van der Waals surface area contributed by atoms with Crippen molar-refractivity contribution in [2.45, 2.75) is 232 Å². The van der Waals surface area contributed by atoms with Crippen molar-refractivity contribution < 1.29 is 37.3 Å². The Morgan fingerprint density at radius 2 is 0.956 bits per heavy atom. The van der Waals surface area contributed by atoms with Gasteiger partial charge >= 0.3 is 5.97 Å². The molecular formula is C58H103N2O7P. The van der Waals surface area contributed by atoms with E-state index >= 15 is 0 Å². The van der Waals surface area contributed by atoms with Crippen LogP contribution in [0.1, 0.15) is 220 Å². The molecule has 0 rings (SSSR count). The Hall–Kier alpha value is -2.81. The van der Waals surface area contributed by atoms with Crippen LogP contribution in [-0.4, -0.2) is 69.4 Å². The number of unbranched alkanes of at least 4 members (excludes halogenated alkanes) is 20. The Balaban J connectivity index is 5.49. The molecule has 0 aliphatic rings. The Bertz CT molecular complexity index is 1440. The molecule has 9 nitrogen and oxygen atoms in total. The highest BCUT2D eigenvalue weighted by Gasteiger charge is 2.27. The number of likely N-dealkylation sites (N-methyl/N-ethyl adjacent to an activating group) is 1. The van der Waals surface area contributed by atoms with Crippen molar-refractivity contribution >= 4 is 19.7 Å². The number of nitrogens with one attached hydrogen (secondary N) is 1. The highest BCUT2D eigenvalue weighted by molar-refractivity contribution is 7.45. The van der Waals surface area contributed by atoms with Gasteiger partial charge in [-0.3, -0.25) is 14.2 Å². The third-order valence-corrected chi connectivity index (χ3v) is 12.6. The number of rotatable bonds is 48. The highest BCUT2D eigenvalue weighted by atomic mass is 31.2. The van der Waals surface area contributed by atoms with Crippen molar-refractivity contribution in [1.82, 2.24) is 5.32 Å². The Kier molecular flexibility index (Phi) is 45.9. The van der Waals surface area contributed by atoms with Crippen LogP contribution in [0, 0.1) is 0 Å². The molecule has 0 aliphatic carbocycles. The second kappa shape index (κ2) is 47.8. The van der Waals surface area contributed by atoms with Gasteiger partial charge in [-0.25, -0.2) is 0 Å². The molecule has 3 unspecified atom stereocenters. The van der Waals surface area contributed by atoms with Crippen molar-refractivity contribution in [2.75, 3.05) is 40.9 Å². The first-order valence-electron chi connectivity index (χ1n) is 27.4. The minimum Gasteiger partial charge on any atom is -0.756 e. The number of esters is 1. The second-order valence-corrected chi connectivity index (χ2v) is 20.8. The van der Waals surface area contributed by atoms with E-state index in [4.69, 9.17) is 13.8 Å². The molecule has 0 bridgehead atoms. The van der Waals surface area contributed by atoms with Crippen molar-refractivity contribution in [3.05, 3.63) is 85.1 Å². The number of nitrogens with zero attached hydrogens (tertiary/aromatic N) is 1. The smallest absolute Gasteiger partial charge is 0.306 e. The van der Waals surface area contributed by atoms with E-state index in [1.807, 2.05) is 39.4 Å². The van der Waals surface area contributed by atoms with Crippen LogP contribution in [0.2, 0.25) is 0 Å². The number of phosphoric ester groups is 1. The first kappa shape index (κ1) is 65.2. The van der Waals surface area contributed by atoms with Gasteiger partial charge in [0.2, 0.25) is 5.91 Å². The number of phosphoric acid groups is 1. The van der Waals surface area contributed by atoms with Crippen LogP contribution in [0.3, 0.4) is 0 Å². The number of hydrogen-bond donors (Lipinski definition) is 1. The van der Waals surface area contributed by atoms with E-state index in [9.17, 15) is 19.0 Å². The van der Waals surface area contributed by atoms with Gasteiger partial charge in [-0.1, -0.05) is 222 Å². The minimum atomic E-state index is -4.71. The van der Waals surface area contributed by atoms with Gasteiger partial charge in [-0.15, -0.1) is 0 Å². The molecule has 0 aromatic carbocycles. The fraction of sp³-hybridized carbons (Fsp3) is 0.724. The van der Waals surface area contributed by atoms with Gasteiger partial charge in [0.25, 0.3) is 7.82 Å². The van der Waals surface area contributed by atoms with Gasteiger partial charge in [0.1, 0.15) is 19.3 Å². The van der Waals surface area contributed by atoms with E-state index in [0.29, 0.717) is 23.9 Å². The quantitative estimate of drug-likeness (QED) is 0.0212. The van der Waals surface area contributed by atoms with E-state index in [1.54, 1.807) is 6.08 Å². The summed E-state index contributed by atoms with van der Waals surface area (Å²) in [6, 6.07) is -0.918. The summed E-state index contributed by atoms with van der Waals surface area (Å²) in [5.41, 5.74) is 0. The monoisotopic (exact) mass is 971 g/mol. The van der Waals surface area contributed by atoms with Crippen LogP contribution >= 0.6 is 7.82 Å². The predicted octanol–water partition coefficient (Wildman–Crippen LogP) is 15.6. The second-order valence-electron chi connectivity index (χ2n) is 19.4. The standard InChI is InChI=1S/C58H103N2O7P/c1-7-10-13-16-19-22-25-27-28-29-30-31-32-33-36-39-42-45-48-51-58(62)67-56(49-46-43-40-37-35-26-23-20-17-14-11-8-2)55(54-66-68(63,64)65-53-52-60(4,5)6)59-57(61)50-47-44-41-38-34-24-21-18-15-12-9-3/h10,13,19,22,27-28,30-31,33,36,42,45-46,49,55-56H,7-9,11-12,14-18,20-21,23-26,29,32,34-35,37-41,43-44,47-48,50-54H2,1-6H3,(H-,59,61,63,64)/b13-10-,22-19-,28-27-,31-30-,36-33-,45-42-,49-46+. The van der Waals surface area contributed by atoms with Crippen molar-refractivity contribution in [1.29, 1.82) is 0 Å². The number of carbonyl (C=O) groups is 2. The number of allylic oxidation sites excluding steroid dienone is 13. The molecule has 10 heteroatoms. The molecule has 0 fully saturated rings. The lowest BCUT2D eigenvalue weighted by Gasteiger charge is -2.30. The lowest BCUT2D eigenvalue weighted by Crippen LogP contribution is -2.47. The molecule has 0 radical (unpaired) electrons. The molecule has 0 saturated carbocycles. The summed E-state index contributed by atoms with van der Waals surface area (Å²) in [4.78, 5) is 39.7. The molecule has 0 heterocycles. The Morgan fingerprint density at radius 1 is 0.529 bits per heavy atom. The first-order chi connectivity index (χ1) is 32.9. The summed E-state index contributed by atoms with van der Waals surface area (Å²) in [6.45, 7) is 6.65. The fourth-order valence-corrected chi connectivity index (χ4v) is 8.09. The molecule has 0 saturated heterocycles. The zero-order valence-corrected chi connectivity index (χ0v) is 45.4. The Labute approximate surface area is 418 Å². The lowest BCUT2D eigenvalue weighted by atomic mass is 10.0. The van der Waals surface area contributed by atoms with Gasteiger partial charge in [-0.2, -0.15) is 0 Å². The lowest BCUT2D eigenvalue weighted by molar-refractivity contribution is -0.870. The van der Waals surface area contributed by atoms with Crippen molar-refractivity contribution in [3.8, 4) is 0 Å². The molecule has 0 aromatic rings. The number of amides is 1. The first-order valence-corrected chi connectivity index (χ1v) is 28.9. The molecule has 0 spiro atoms. The third kappa shape index (κ3) is 48.2. The van der Waals surface area contributed by atoms with Crippen LogP contribution in [0.5, 0.6) is 0 Å². The largest absolute Gasteiger partial charge is 0.756 e. The summed E-state index contributed by atoms with van der Waals surface area (Å²) in [5.74, 6) is -0.643. The van der Waals surface area contributed by atoms with Crippen LogP contribution in [0.4, 0.5) is 0 Å². The van der Waals surface area contributed by atoms with Gasteiger partial charge in [0.05, 0.1) is 33.8 Å². The van der Waals surface area contributed by atoms with Crippen molar-refractivity contribution in [2.24, 2.45) is 0 Å². The number of ether oxygens (including phenoxy) is 1. The zero-order chi connectivity index (χ0) is 50.1. The van der Waals surface area contributed by atoms with Crippen LogP contribution in [0.15, 0.2) is 85.1 Å². The average molecular weight is 971 g/mol. The molecule has 0 aromatic heterocycles. The predicted molar refractivity (Wildman–Crippen MR) is 288 cm³/mol. The zero-order valence-electron chi connectivity index (χ0n) is 44.5. The maximum atomic E-state index is 13.4. The minimum absolute atomic E-state index is 0.0358. The molecule has 68 heavy (non-hydrogen) atoms. The van der Waals surface area contributed by atoms with Crippen LogP contribution < -0.4 is 10.2 Å². The molecular weight excluding hydrogens is 868 g/mol. The summed E-state index contributed by atoms with van der Waals surface area (Å²) >= 11 is 0. The molecule has 3 atom stereocenters. The third-order valence-electron chi connectivity index (χ3n) is 11.6. The normalized spacial score (nSPS) is 14.5. The molecule has 392 valence electrons. The SMILES string of the molecule is CC/C=C\C/C=C\C/C=C\C/C=C\C/C=C\C/C=C\CCC(=O)OC(/C=C/CCCCCCCCCCCC)C(COP(=O)([O-])OCC[N+](C)(C)C)NC(=O)CCCCCCCCCCCCC. The van der Waals surface area contributed by atoms with E-state index in [-0.39, 0.29) is 18.9 Å². The van der Waals surface area contributed by atoms with Crippen molar-refractivity contribution in [3.63, 3.8) is 0 Å². The molecule has 0 aliphatic heterocycles. The van der Waals surface area contributed by atoms with Gasteiger partial charge < -0.3 is 28.5 Å². The van der Waals surface area contributed by atoms with E-state index in [2.05, 4.69) is 86.8 Å². The van der Waals surface area contributed by atoms with E-state index in [1.165, 1.54) is 103 Å². The maximum absolute atomic E-state index is 13.4. The fourth-order valence-electron chi connectivity index (χ4n) is 7.37. The van der Waals surface area contributed by atoms with Gasteiger partial charge in [0, 0.05) is 12.8 Å². The number of quaternary nitrogens is 1. The number of hydrogen-bond acceptors (Lipinski definition) is 7. The summed E-state index contributed by atoms with van der Waals surface area (Å²) in [7, 11) is 1.14. The summed E-state index contributed by atoms with van der Waals surface area (Å²) in [6.07, 6.45) is 61.3. The van der Waals surface area contributed by atoms with Crippen LogP contribution in [0.25, 0.3) is 0 Å². The molecule has 1 amide bonds. The summed E-state index contributed by atoms with van der Waals surface area (Å²) < 4.78 is 30.1. The Morgan fingerprint density at radius 3 is 1.41 bits per heavy atom. The van der Waals surface area contributed by atoms with Gasteiger partial charge in [-0.05, 0) is 70.3 Å². The van der Waals surface area contributed by atoms with E-state index in [0.717, 1.165) is 77.0 Å². The average Bonchev–Trinajstić information content (AvgIpc) is 3.29. The number of carbonyl (C=O) groups excluding carboxylic acids is 2. The highest BCUT2D eigenvalue weighted by Crippen LogP contribution is 2.38. The van der Waals surface area contributed by atoms with Crippen LogP contribution in [-0.2, 0) is 27.9 Å². The summed E-state index contributed by atoms with van der Waals surface area (Å²) in [5, 5.41) is 2.99. The maximum Gasteiger partial charge on any atom is 0.306 e. The molecule has 1 N–H and O–H groups in total. The van der Waals surface area contributed by atoms with Gasteiger partial charge in [0.15, 0.2) is 0 Å². The topological polar surface area (TPSA) is 114 Å². The van der Waals surface area contributed by atoms with E-state index < -0.39 is 32.5 Å².